The van der Waals surface area contributed by atoms with Crippen molar-refractivity contribution in [3.8, 4) is 0 Å². The highest BCUT2D eigenvalue weighted by atomic mass is 35.5. The van der Waals surface area contributed by atoms with E-state index in [1.54, 1.807) is 0 Å². The van der Waals surface area contributed by atoms with E-state index >= 15 is 0 Å². The van der Waals surface area contributed by atoms with Crippen LogP contribution in [0.4, 0.5) is 13.2 Å². The lowest BCUT2D eigenvalue weighted by molar-refractivity contribution is -0.136. The molecule has 0 saturated carbocycles. The number of carbonyl (C=O) groups is 1. The highest BCUT2D eigenvalue weighted by molar-refractivity contribution is 6.17. The summed E-state index contributed by atoms with van der Waals surface area (Å²) in [5.41, 5.74) is -1.53. The Hall–Kier alpha value is -1.30. The van der Waals surface area contributed by atoms with Gasteiger partial charge in [0.15, 0.2) is 5.82 Å². The summed E-state index contributed by atoms with van der Waals surface area (Å²) in [4.78, 5) is 13.8. The van der Waals surface area contributed by atoms with Crippen molar-refractivity contribution >= 4 is 17.6 Å². The number of pyridine rings is 1. The molecule has 1 rings (SSSR count). The topological polar surface area (TPSA) is 50.2 Å². The maximum atomic E-state index is 13.5. The second kappa shape index (κ2) is 5.16. The van der Waals surface area contributed by atoms with Crippen molar-refractivity contribution in [3.63, 3.8) is 0 Å². The minimum atomic E-state index is -3.05. The van der Waals surface area contributed by atoms with Gasteiger partial charge in [-0.3, -0.25) is 9.78 Å². The normalized spacial score (nSPS) is 10.8. The van der Waals surface area contributed by atoms with E-state index in [9.17, 15) is 18.0 Å². The summed E-state index contributed by atoms with van der Waals surface area (Å²) in [6, 6.07) is 0. The third-order valence-corrected chi connectivity index (χ3v) is 2.18. The van der Waals surface area contributed by atoms with E-state index in [2.05, 4.69) is 4.98 Å². The van der Waals surface area contributed by atoms with Crippen LogP contribution in [0.3, 0.4) is 0 Å². The van der Waals surface area contributed by atoms with Gasteiger partial charge in [0.05, 0.1) is 17.7 Å². The zero-order valence-electron chi connectivity index (χ0n) is 7.88. The largest absolute Gasteiger partial charge is 0.481 e. The van der Waals surface area contributed by atoms with Gasteiger partial charge in [0.25, 0.3) is 6.43 Å². The monoisotopic (exact) mass is 253 g/mol. The molecule has 16 heavy (non-hydrogen) atoms. The van der Waals surface area contributed by atoms with E-state index in [-0.39, 0.29) is 11.4 Å². The number of aliphatic carboxylic acids is 1. The lowest BCUT2D eigenvalue weighted by Crippen LogP contribution is -2.09. The number of carboxylic acid groups (broad SMARTS) is 1. The maximum Gasteiger partial charge on any atom is 0.309 e. The Balaban J connectivity index is 3.26. The van der Waals surface area contributed by atoms with Crippen LogP contribution in [-0.4, -0.2) is 16.1 Å². The number of rotatable bonds is 4. The number of alkyl halides is 3. The van der Waals surface area contributed by atoms with Gasteiger partial charge in [-0.2, -0.15) is 0 Å². The smallest absolute Gasteiger partial charge is 0.309 e. The van der Waals surface area contributed by atoms with Crippen molar-refractivity contribution in [1.82, 2.24) is 4.98 Å². The second-order valence-corrected chi connectivity index (χ2v) is 3.23. The predicted molar refractivity (Wildman–Crippen MR) is 50.0 cm³/mol. The molecule has 0 amide bonds. The summed E-state index contributed by atoms with van der Waals surface area (Å²) in [7, 11) is 0. The maximum absolute atomic E-state index is 13.5. The fraction of sp³-hybridized carbons (Fsp3) is 0.333. The first-order chi connectivity index (χ1) is 7.47. The van der Waals surface area contributed by atoms with Gasteiger partial charge in [-0.05, 0) is 5.56 Å². The average Bonchev–Trinajstić information content (AvgIpc) is 2.19. The van der Waals surface area contributed by atoms with Gasteiger partial charge >= 0.3 is 5.97 Å². The van der Waals surface area contributed by atoms with Crippen LogP contribution < -0.4 is 0 Å². The van der Waals surface area contributed by atoms with Crippen LogP contribution in [-0.2, 0) is 17.1 Å². The van der Waals surface area contributed by atoms with Crippen LogP contribution in [0.25, 0.3) is 0 Å². The van der Waals surface area contributed by atoms with Crippen molar-refractivity contribution in [3.05, 3.63) is 28.8 Å². The molecule has 1 heterocycles. The number of carboxylic acids is 1. The van der Waals surface area contributed by atoms with Gasteiger partial charge in [-0.25, -0.2) is 13.2 Å². The fourth-order valence-electron chi connectivity index (χ4n) is 1.19. The highest BCUT2D eigenvalue weighted by Crippen LogP contribution is 2.28. The molecular weight excluding hydrogens is 247 g/mol. The predicted octanol–water partition coefficient (Wildman–Crippen LogP) is 2.52. The van der Waals surface area contributed by atoms with Gasteiger partial charge < -0.3 is 5.11 Å². The molecule has 0 atom stereocenters. The number of hydrogen-bond donors (Lipinski definition) is 1. The van der Waals surface area contributed by atoms with E-state index in [1.165, 1.54) is 0 Å². The first-order valence-corrected chi connectivity index (χ1v) is 4.72. The lowest BCUT2D eigenvalue weighted by atomic mass is 10.1. The molecule has 3 nitrogen and oxygen atoms in total. The molecule has 0 radical (unpaired) electrons. The van der Waals surface area contributed by atoms with Gasteiger partial charge in [-0.15, -0.1) is 11.6 Å². The fourth-order valence-corrected chi connectivity index (χ4v) is 1.40. The van der Waals surface area contributed by atoms with Gasteiger partial charge in [0.1, 0.15) is 0 Å². The van der Waals surface area contributed by atoms with E-state index in [0.717, 1.165) is 6.20 Å². The van der Waals surface area contributed by atoms with Gasteiger partial charge in [0, 0.05) is 12.1 Å². The summed E-state index contributed by atoms with van der Waals surface area (Å²) in [5.74, 6) is -2.95. The molecule has 0 aliphatic rings. The molecule has 0 spiro atoms. The standard InChI is InChI=1S/C9H7ClF3NO2/c10-2-4-3-14-5(1-6(15)16)8(11)7(4)9(12)13/h3,9H,1-2H2,(H,15,16). The summed E-state index contributed by atoms with van der Waals surface area (Å²) >= 11 is 5.35. The first kappa shape index (κ1) is 12.8. The minimum absolute atomic E-state index is 0.136. The number of aromatic nitrogens is 1. The Morgan fingerprint density at radius 3 is 2.62 bits per heavy atom. The Morgan fingerprint density at radius 1 is 1.56 bits per heavy atom. The molecule has 0 aliphatic carbocycles. The number of halogens is 4. The zero-order chi connectivity index (χ0) is 12.3. The molecule has 0 aromatic carbocycles. The van der Waals surface area contributed by atoms with Crippen LogP contribution >= 0.6 is 11.6 Å². The molecule has 1 aromatic rings. The lowest BCUT2D eigenvalue weighted by Gasteiger charge is -2.09. The summed E-state index contributed by atoms with van der Waals surface area (Å²) < 4.78 is 38.5. The van der Waals surface area contributed by atoms with E-state index < -0.39 is 35.9 Å². The third-order valence-electron chi connectivity index (χ3n) is 1.89. The van der Waals surface area contributed by atoms with Crippen molar-refractivity contribution in [1.29, 1.82) is 0 Å². The van der Waals surface area contributed by atoms with Crippen LogP contribution in [0, 0.1) is 5.82 Å². The minimum Gasteiger partial charge on any atom is -0.481 e. The molecule has 1 N–H and O–H groups in total. The molecule has 0 unspecified atom stereocenters. The molecule has 0 fully saturated rings. The zero-order valence-corrected chi connectivity index (χ0v) is 8.64. The molecule has 0 aliphatic heterocycles. The van der Waals surface area contributed by atoms with Crippen LogP contribution in [0.15, 0.2) is 6.20 Å². The van der Waals surface area contributed by atoms with Crippen LogP contribution in [0.2, 0.25) is 0 Å². The second-order valence-electron chi connectivity index (χ2n) is 2.96. The summed E-state index contributed by atoms with van der Waals surface area (Å²) in [6.45, 7) is 0. The quantitative estimate of drug-likeness (QED) is 0.839. The van der Waals surface area contributed by atoms with Crippen molar-refractivity contribution in [2.75, 3.05) is 0 Å². The Bertz CT molecular complexity index is 412. The molecule has 1 aromatic heterocycles. The molecular formula is C9H7ClF3NO2. The first-order valence-electron chi connectivity index (χ1n) is 4.19. The average molecular weight is 254 g/mol. The van der Waals surface area contributed by atoms with Crippen molar-refractivity contribution < 1.29 is 23.1 Å². The molecule has 0 saturated heterocycles. The SMILES string of the molecule is O=C(O)Cc1ncc(CCl)c(C(F)F)c1F. The van der Waals surface area contributed by atoms with E-state index in [0.29, 0.717) is 0 Å². The van der Waals surface area contributed by atoms with Crippen LogP contribution in [0.1, 0.15) is 23.2 Å². The molecule has 7 heteroatoms. The molecule has 0 bridgehead atoms. The van der Waals surface area contributed by atoms with Gasteiger partial charge in [0.2, 0.25) is 0 Å². The Labute approximate surface area is 93.9 Å². The van der Waals surface area contributed by atoms with E-state index in [1.807, 2.05) is 0 Å². The number of nitrogens with zero attached hydrogens (tertiary/aromatic N) is 1. The summed E-state index contributed by atoms with van der Waals surface area (Å²) in [6.07, 6.45) is -2.83. The van der Waals surface area contributed by atoms with Crippen LogP contribution in [0.5, 0.6) is 0 Å². The Kier molecular flexibility index (Phi) is 4.12. The van der Waals surface area contributed by atoms with Gasteiger partial charge in [-0.1, -0.05) is 0 Å². The van der Waals surface area contributed by atoms with Crippen molar-refractivity contribution in [2.45, 2.75) is 18.7 Å². The highest BCUT2D eigenvalue weighted by Gasteiger charge is 2.22. The third kappa shape index (κ3) is 2.63. The summed E-state index contributed by atoms with van der Waals surface area (Å²) in [5, 5.41) is 8.43. The van der Waals surface area contributed by atoms with Crippen molar-refractivity contribution in [2.24, 2.45) is 0 Å². The molecule has 88 valence electrons. The Morgan fingerprint density at radius 2 is 2.19 bits per heavy atom. The number of hydrogen-bond acceptors (Lipinski definition) is 2. The van der Waals surface area contributed by atoms with E-state index in [4.69, 9.17) is 16.7 Å².